The fourth-order valence-electron chi connectivity index (χ4n) is 1.50. The van der Waals surface area contributed by atoms with E-state index in [-0.39, 0.29) is 5.54 Å². The summed E-state index contributed by atoms with van der Waals surface area (Å²) in [5, 5.41) is 4.34. The molecular formula is C11H15N3. The normalized spacial score (nSPS) is 11.9. The lowest BCUT2D eigenvalue weighted by atomic mass is 10.1. The van der Waals surface area contributed by atoms with Crippen LogP contribution in [-0.2, 0) is 5.54 Å². The standard InChI is InChI=1S/C11H15N3/c1-11(2,3)14-10(6-7-12-14)13-8-4-5-9-13/h4-9H,1-3H3. The molecule has 2 aromatic rings. The first-order valence-electron chi connectivity index (χ1n) is 4.77. The summed E-state index contributed by atoms with van der Waals surface area (Å²) in [6.07, 6.45) is 5.89. The smallest absolute Gasteiger partial charge is 0.135 e. The van der Waals surface area contributed by atoms with E-state index in [1.807, 2.05) is 41.5 Å². The van der Waals surface area contributed by atoms with Crippen LogP contribution in [0.4, 0.5) is 0 Å². The van der Waals surface area contributed by atoms with Crippen LogP contribution < -0.4 is 0 Å². The minimum absolute atomic E-state index is 0.0170. The summed E-state index contributed by atoms with van der Waals surface area (Å²) in [6, 6.07) is 6.05. The third-order valence-electron chi connectivity index (χ3n) is 2.13. The summed E-state index contributed by atoms with van der Waals surface area (Å²) in [4.78, 5) is 0. The van der Waals surface area contributed by atoms with Crippen molar-refractivity contribution in [3.8, 4) is 5.82 Å². The van der Waals surface area contributed by atoms with Crippen LogP contribution in [0.1, 0.15) is 20.8 Å². The van der Waals surface area contributed by atoms with Crippen LogP contribution in [0.3, 0.4) is 0 Å². The van der Waals surface area contributed by atoms with Gasteiger partial charge >= 0.3 is 0 Å². The maximum absolute atomic E-state index is 4.34. The molecule has 3 nitrogen and oxygen atoms in total. The Morgan fingerprint density at radius 2 is 1.79 bits per heavy atom. The van der Waals surface area contributed by atoms with E-state index in [4.69, 9.17) is 0 Å². The third-order valence-corrected chi connectivity index (χ3v) is 2.13. The van der Waals surface area contributed by atoms with E-state index >= 15 is 0 Å². The van der Waals surface area contributed by atoms with Crippen molar-refractivity contribution in [2.24, 2.45) is 0 Å². The lowest BCUT2D eigenvalue weighted by Gasteiger charge is -2.22. The molecule has 0 saturated heterocycles. The molecule has 0 unspecified atom stereocenters. The van der Waals surface area contributed by atoms with E-state index in [0.717, 1.165) is 5.82 Å². The minimum Gasteiger partial charge on any atom is -0.309 e. The number of nitrogens with zero attached hydrogens (tertiary/aromatic N) is 3. The van der Waals surface area contributed by atoms with Gasteiger partial charge in [0.2, 0.25) is 0 Å². The Kier molecular flexibility index (Phi) is 1.95. The van der Waals surface area contributed by atoms with Gasteiger partial charge in [0.25, 0.3) is 0 Å². The monoisotopic (exact) mass is 189 g/mol. The van der Waals surface area contributed by atoms with Crippen LogP contribution >= 0.6 is 0 Å². The molecular weight excluding hydrogens is 174 g/mol. The molecule has 0 aliphatic carbocycles. The molecule has 2 heterocycles. The van der Waals surface area contributed by atoms with E-state index < -0.39 is 0 Å². The van der Waals surface area contributed by atoms with Crippen molar-refractivity contribution < 1.29 is 0 Å². The number of hydrogen-bond acceptors (Lipinski definition) is 1. The highest BCUT2D eigenvalue weighted by molar-refractivity contribution is 5.23. The molecule has 0 aromatic carbocycles. The highest BCUT2D eigenvalue weighted by Gasteiger charge is 2.17. The van der Waals surface area contributed by atoms with Crippen molar-refractivity contribution in [1.82, 2.24) is 14.3 Å². The molecule has 0 bridgehead atoms. The van der Waals surface area contributed by atoms with Gasteiger partial charge in [0, 0.05) is 18.5 Å². The predicted octanol–water partition coefficient (Wildman–Crippen LogP) is 2.43. The quantitative estimate of drug-likeness (QED) is 0.675. The SMILES string of the molecule is CC(C)(C)n1nccc1-n1cccc1. The molecule has 0 atom stereocenters. The first-order valence-corrected chi connectivity index (χ1v) is 4.77. The van der Waals surface area contributed by atoms with Gasteiger partial charge in [-0.15, -0.1) is 0 Å². The fraction of sp³-hybridized carbons (Fsp3) is 0.364. The van der Waals surface area contributed by atoms with E-state index in [0.29, 0.717) is 0 Å². The van der Waals surface area contributed by atoms with Crippen molar-refractivity contribution in [2.75, 3.05) is 0 Å². The highest BCUT2D eigenvalue weighted by atomic mass is 15.4. The summed E-state index contributed by atoms with van der Waals surface area (Å²) < 4.78 is 4.09. The maximum atomic E-state index is 4.34. The maximum Gasteiger partial charge on any atom is 0.135 e. The Bertz CT molecular complexity index is 404. The summed E-state index contributed by atoms with van der Waals surface area (Å²) in [6.45, 7) is 6.44. The van der Waals surface area contributed by atoms with Crippen LogP contribution in [0.5, 0.6) is 0 Å². The molecule has 74 valence electrons. The summed E-state index contributed by atoms with van der Waals surface area (Å²) in [5.74, 6) is 1.10. The molecule has 0 N–H and O–H groups in total. The van der Waals surface area contributed by atoms with E-state index in [1.54, 1.807) is 0 Å². The van der Waals surface area contributed by atoms with Gasteiger partial charge in [-0.25, -0.2) is 4.68 Å². The van der Waals surface area contributed by atoms with Crippen molar-refractivity contribution in [2.45, 2.75) is 26.3 Å². The molecule has 3 heteroatoms. The molecule has 2 aromatic heterocycles. The van der Waals surface area contributed by atoms with Crippen molar-refractivity contribution in [3.63, 3.8) is 0 Å². The summed E-state index contributed by atoms with van der Waals surface area (Å²) in [5.41, 5.74) is 0.0170. The summed E-state index contributed by atoms with van der Waals surface area (Å²) >= 11 is 0. The minimum atomic E-state index is 0.0170. The first-order chi connectivity index (χ1) is 6.59. The summed E-state index contributed by atoms with van der Waals surface area (Å²) in [7, 11) is 0. The molecule has 2 rings (SSSR count). The Hall–Kier alpha value is -1.51. The molecule has 0 amide bonds. The van der Waals surface area contributed by atoms with Gasteiger partial charge in [0.1, 0.15) is 5.82 Å². The topological polar surface area (TPSA) is 22.8 Å². The zero-order valence-electron chi connectivity index (χ0n) is 8.81. The van der Waals surface area contributed by atoms with Gasteiger partial charge in [0.05, 0.1) is 11.7 Å². The van der Waals surface area contributed by atoms with Crippen LogP contribution in [0, 0.1) is 0 Å². The zero-order chi connectivity index (χ0) is 10.2. The lowest BCUT2D eigenvalue weighted by molar-refractivity contribution is 0.351. The predicted molar refractivity (Wildman–Crippen MR) is 56.6 cm³/mol. The lowest BCUT2D eigenvalue weighted by Crippen LogP contribution is -2.25. The largest absolute Gasteiger partial charge is 0.309 e. The molecule has 0 aliphatic rings. The van der Waals surface area contributed by atoms with E-state index in [2.05, 4.69) is 30.4 Å². The van der Waals surface area contributed by atoms with Gasteiger partial charge in [-0.1, -0.05) is 0 Å². The van der Waals surface area contributed by atoms with Crippen molar-refractivity contribution in [3.05, 3.63) is 36.8 Å². The van der Waals surface area contributed by atoms with Gasteiger partial charge in [-0.05, 0) is 32.9 Å². The van der Waals surface area contributed by atoms with Crippen LogP contribution in [0.2, 0.25) is 0 Å². The molecule has 0 radical (unpaired) electrons. The second-order valence-corrected chi connectivity index (χ2v) is 4.36. The Labute approximate surface area is 84.0 Å². The van der Waals surface area contributed by atoms with E-state index in [9.17, 15) is 0 Å². The third kappa shape index (κ3) is 1.45. The fourth-order valence-corrected chi connectivity index (χ4v) is 1.50. The van der Waals surface area contributed by atoms with Crippen LogP contribution in [-0.4, -0.2) is 14.3 Å². The number of rotatable bonds is 1. The second kappa shape index (κ2) is 3.01. The molecule has 0 fully saturated rings. The molecule has 0 saturated carbocycles. The average molecular weight is 189 g/mol. The molecule has 0 aliphatic heterocycles. The average Bonchev–Trinajstić information content (AvgIpc) is 2.73. The Morgan fingerprint density at radius 1 is 1.14 bits per heavy atom. The van der Waals surface area contributed by atoms with Crippen LogP contribution in [0.15, 0.2) is 36.8 Å². The van der Waals surface area contributed by atoms with Crippen molar-refractivity contribution in [1.29, 1.82) is 0 Å². The van der Waals surface area contributed by atoms with Gasteiger partial charge in [-0.2, -0.15) is 5.10 Å². The highest BCUT2D eigenvalue weighted by Crippen LogP contribution is 2.18. The number of hydrogen-bond donors (Lipinski definition) is 0. The van der Waals surface area contributed by atoms with Gasteiger partial charge < -0.3 is 4.57 Å². The van der Waals surface area contributed by atoms with Gasteiger partial charge in [-0.3, -0.25) is 0 Å². The van der Waals surface area contributed by atoms with Crippen molar-refractivity contribution >= 4 is 0 Å². The van der Waals surface area contributed by atoms with E-state index in [1.165, 1.54) is 0 Å². The zero-order valence-corrected chi connectivity index (χ0v) is 8.81. The first kappa shape index (κ1) is 9.06. The second-order valence-electron chi connectivity index (χ2n) is 4.36. The number of aromatic nitrogens is 3. The van der Waals surface area contributed by atoms with Gasteiger partial charge in [0.15, 0.2) is 0 Å². The Morgan fingerprint density at radius 3 is 2.36 bits per heavy atom. The molecule has 14 heavy (non-hydrogen) atoms. The molecule has 0 spiro atoms. The Balaban J connectivity index is 2.51. The van der Waals surface area contributed by atoms with Crippen LogP contribution in [0.25, 0.3) is 5.82 Å².